The van der Waals surface area contributed by atoms with Crippen molar-refractivity contribution in [3.05, 3.63) is 0 Å². The van der Waals surface area contributed by atoms with Crippen LogP contribution in [0.5, 0.6) is 0 Å². The van der Waals surface area contributed by atoms with Crippen LogP contribution in [0, 0.1) is 17.3 Å². The lowest BCUT2D eigenvalue weighted by Crippen LogP contribution is -2.26. The average Bonchev–Trinajstić information content (AvgIpc) is 2.95. The first-order valence-corrected chi connectivity index (χ1v) is 7.63. The molecule has 19 heavy (non-hydrogen) atoms. The summed E-state index contributed by atoms with van der Waals surface area (Å²) in [6, 6.07) is -0.580. The highest BCUT2D eigenvalue weighted by Crippen LogP contribution is 2.66. The molecule has 4 heteroatoms. The molecule has 0 bridgehead atoms. The van der Waals surface area contributed by atoms with Crippen LogP contribution >= 0.6 is 0 Å². The first-order chi connectivity index (χ1) is 9.03. The van der Waals surface area contributed by atoms with Crippen molar-refractivity contribution in [3.63, 3.8) is 0 Å². The molecular formula is C15H29N3O. The van der Waals surface area contributed by atoms with E-state index in [0.29, 0.717) is 11.3 Å². The molecule has 2 amide bonds. The maximum atomic E-state index is 10.8. The molecule has 0 radical (unpaired) electrons. The van der Waals surface area contributed by atoms with Crippen LogP contribution in [0.4, 0.5) is 4.79 Å². The minimum Gasteiger partial charge on any atom is -0.350 e. The van der Waals surface area contributed by atoms with E-state index < -0.39 is 6.03 Å². The van der Waals surface area contributed by atoms with Crippen LogP contribution in [0.3, 0.4) is 0 Å². The van der Waals surface area contributed by atoms with Gasteiger partial charge in [0, 0.05) is 11.6 Å². The minimum absolute atomic E-state index is 0.423. The summed E-state index contributed by atoms with van der Waals surface area (Å²) in [5, 5.41) is 4.17. The van der Waals surface area contributed by atoms with Gasteiger partial charge < -0.3 is 5.73 Å². The molecule has 4 nitrogen and oxygen atoms in total. The zero-order chi connectivity index (χ0) is 14.5. The molecule has 1 rings (SSSR count). The SMILES string of the molecule is CCC[C@@H]1[C@H](/C(C)=N\NC(N)=O)C1(CCC)CCC. The first-order valence-electron chi connectivity index (χ1n) is 7.63. The molecule has 0 spiro atoms. The highest BCUT2D eigenvalue weighted by Gasteiger charge is 2.62. The fraction of sp³-hybridized carbons (Fsp3) is 0.867. The number of amides is 2. The van der Waals surface area contributed by atoms with Gasteiger partial charge in [-0.25, -0.2) is 10.2 Å². The van der Waals surface area contributed by atoms with E-state index >= 15 is 0 Å². The molecule has 3 N–H and O–H groups in total. The Morgan fingerprint density at radius 1 is 1.21 bits per heavy atom. The summed E-state index contributed by atoms with van der Waals surface area (Å²) in [6.45, 7) is 8.77. The van der Waals surface area contributed by atoms with Gasteiger partial charge in [0.15, 0.2) is 0 Å². The molecule has 0 saturated heterocycles. The van der Waals surface area contributed by atoms with Gasteiger partial charge in [-0.15, -0.1) is 0 Å². The summed E-state index contributed by atoms with van der Waals surface area (Å²) in [4.78, 5) is 10.8. The molecule has 110 valence electrons. The summed E-state index contributed by atoms with van der Waals surface area (Å²) in [7, 11) is 0. The normalized spacial score (nSPS) is 25.2. The van der Waals surface area contributed by atoms with Crippen LogP contribution in [0.2, 0.25) is 0 Å². The van der Waals surface area contributed by atoms with Gasteiger partial charge in [0.25, 0.3) is 0 Å². The monoisotopic (exact) mass is 267 g/mol. The second kappa shape index (κ2) is 6.92. The standard InChI is InChI=1S/C15H29N3O/c1-5-8-12-13(11(4)17-18-14(16)19)15(12,9-6-2)10-7-3/h12-13H,5-10H2,1-4H3,(H3,16,18,19)/b17-11-/t12-,13+/m1/s1. The van der Waals surface area contributed by atoms with Crippen molar-refractivity contribution in [2.75, 3.05) is 0 Å². The van der Waals surface area contributed by atoms with E-state index in [9.17, 15) is 4.79 Å². The molecule has 1 fully saturated rings. The van der Waals surface area contributed by atoms with Crippen molar-refractivity contribution in [1.29, 1.82) is 0 Å². The Balaban J connectivity index is 2.83. The average molecular weight is 267 g/mol. The third-order valence-electron chi connectivity index (χ3n) is 4.47. The summed E-state index contributed by atoms with van der Waals surface area (Å²) < 4.78 is 0. The van der Waals surface area contributed by atoms with Crippen molar-refractivity contribution < 1.29 is 4.79 Å². The lowest BCUT2D eigenvalue weighted by molar-refractivity contribution is 0.249. The largest absolute Gasteiger partial charge is 0.350 e. The summed E-state index contributed by atoms with van der Waals surface area (Å²) in [5.74, 6) is 1.26. The highest BCUT2D eigenvalue weighted by atomic mass is 16.2. The smallest absolute Gasteiger partial charge is 0.332 e. The number of hydrogen-bond donors (Lipinski definition) is 2. The van der Waals surface area contributed by atoms with Crippen LogP contribution < -0.4 is 11.2 Å². The Labute approximate surface area is 117 Å². The molecule has 0 aliphatic heterocycles. The fourth-order valence-corrected chi connectivity index (χ4v) is 4.00. The molecule has 0 unspecified atom stereocenters. The minimum atomic E-state index is -0.580. The van der Waals surface area contributed by atoms with E-state index in [-0.39, 0.29) is 0 Å². The number of nitrogens with one attached hydrogen (secondary N) is 1. The van der Waals surface area contributed by atoms with Gasteiger partial charge in [-0.05, 0) is 37.5 Å². The van der Waals surface area contributed by atoms with Gasteiger partial charge in [0.1, 0.15) is 0 Å². The number of urea groups is 1. The second-order valence-corrected chi connectivity index (χ2v) is 5.84. The van der Waals surface area contributed by atoms with Gasteiger partial charge in [0.2, 0.25) is 0 Å². The van der Waals surface area contributed by atoms with Crippen molar-refractivity contribution in [2.45, 2.75) is 66.2 Å². The predicted octanol–water partition coefficient (Wildman–Crippen LogP) is 3.66. The van der Waals surface area contributed by atoms with E-state index in [1.807, 2.05) is 6.92 Å². The van der Waals surface area contributed by atoms with E-state index in [1.54, 1.807) is 0 Å². The topological polar surface area (TPSA) is 67.5 Å². The molecule has 0 aromatic carbocycles. The number of carbonyl (C=O) groups is 1. The number of hydrazone groups is 1. The van der Waals surface area contributed by atoms with Gasteiger partial charge in [-0.1, -0.05) is 40.0 Å². The summed E-state index contributed by atoms with van der Waals surface area (Å²) in [5.41, 5.74) is 8.92. The Hall–Kier alpha value is -1.06. The molecule has 0 heterocycles. The van der Waals surface area contributed by atoms with Gasteiger partial charge >= 0.3 is 6.03 Å². The van der Waals surface area contributed by atoms with Crippen molar-refractivity contribution >= 4 is 11.7 Å². The number of carbonyl (C=O) groups excluding carboxylic acids is 1. The Morgan fingerprint density at radius 3 is 2.21 bits per heavy atom. The number of hydrogen-bond acceptors (Lipinski definition) is 2. The maximum Gasteiger partial charge on any atom is 0.332 e. The zero-order valence-electron chi connectivity index (χ0n) is 12.8. The lowest BCUT2D eigenvalue weighted by Gasteiger charge is -2.16. The van der Waals surface area contributed by atoms with Crippen molar-refractivity contribution in [3.8, 4) is 0 Å². The quantitative estimate of drug-likeness (QED) is 0.511. The van der Waals surface area contributed by atoms with E-state index in [0.717, 1.165) is 11.6 Å². The molecule has 1 aliphatic carbocycles. The van der Waals surface area contributed by atoms with Crippen LogP contribution in [-0.4, -0.2) is 11.7 Å². The van der Waals surface area contributed by atoms with E-state index in [1.165, 1.54) is 38.5 Å². The predicted molar refractivity (Wildman–Crippen MR) is 80.0 cm³/mol. The number of nitrogens with zero attached hydrogens (tertiary/aromatic N) is 1. The molecule has 0 aromatic rings. The summed E-state index contributed by atoms with van der Waals surface area (Å²) >= 11 is 0. The molecular weight excluding hydrogens is 238 g/mol. The van der Waals surface area contributed by atoms with Crippen molar-refractivity contribution in [1.82, 2.24) is 5.43 Å². The van der Waals surface area contributed by atoms with Crippen molar-refractivity contribution in [2.24, 2.45) is 28.1 Å². The Bertz CT molecular complexity index is 332. The highest BCUT2D eigenvalue weighted by molar-refractivity contribution is 5.89. The van der Waals surface area contributed by atoms with Crippen LogP contribution in [0.1, 0.15) is 66.2 Å². The molecule has 2 atom stereocenters. The second-order valence-electron chi connectivity index (χ2n) is 5.84. The zero-order valence-corrected chi connectivity index (χ0v) is 12.8. The number of nitrogens with two attached hydrogens (primary N) is 1. The lowest BCUT2D eigenvalue weighted by atomic mass is 9.89. The first kappa shape index (κ1) is 16.0. The maximum absolute atomic E-state index is 10.8. The van der Waals surface area contributed by atoms with Crippen LogP contribution in [-0.2, 0) is 0 Å². The fourth-order valence-electron chi connectivity index (χ4n) is 4.00. The summed E-state index contributed by atoms with van der Waals surface area (Å²) in [6.07, 6.45) is 7.43. The molecule has 1 aliphatic rings. The molecule has 1 saturated carbocycles. The van der Waals surface area contributed by atoms with E-state index in [4.69, 9.17) is 5.73 Å². The van der Waals surface area contributed by atoms with Gasteiger partial charge in [-0.2, -0.15) is 5.10 Å². The third kappa shape index (κ3) is 3.48. The van der Waals surface area contributed by atoms with Crippen LogP contribution in [0.25, 0.3) is 0 Å². The van der Waals surface area contributed by atoms with Gasteiger partial charge in [0.05, 0.1) is 0 Å². The Kier molecular flexibility index (Phi) is 5.83. The van der Waals surface area contributed by atoms with E-state index in [2.05, 4.69) is 31.3 Å². The number of primary amides is 1. The number of rotatable bonds is 8. The third-order valence-corrected chi connectivity index (χ3v) is 4.47. The van der Waals surface area contributed by atoms with Gasteiger partial charge in [-0.3, -0.25) is 0 Å². The van der Waals surface area contributed by atoms with Crippen LogP contribution in [0.15, 0.2) is 5.10 Å². The Morgan fingerprint density at radius 2 is 1.79 bits per heavy atom. The molecule has 0 aromatic heterocycles.